The molecule has 0 aliphatic carbocycles. The molecular weight excluding hydrogens is 437 g/mol. The number of hydrogen-bond acceptors (Lipinski definition) is 5. The molecule has 31 heavy (non-hydrogen) atoms. The average molecular weight is 458 g/mol. The van der Waals surface area contributed by atoms with E-state index in [1.165, 1.54) is 18.2 Å². The van der Waals surface area contributed by atoms with Gasteiger partial charge < -0.3 is 15.2 Å². The molecule has 3 N–H and O–H groups in total. The van der Waals surface area contributed by atoms with Crippen LogP contribution in [0.4, 0.5) is 13.2 Å². The first-order valence-electron chi connectivity index (χ1n) is 9.07. The van der Waals surface area contributed by atoms with Crippen molar-refractivity contribution in [3.63, 3.8) is 0 Å². The quantitative estimate of drug-likeness (QED) is 0.508. The molecule has 11 heteroatoms. The van der Waals surface area contributed by atoms with Gasteiger partial charge in [0.15, 0.2) is 0 Å². The smallest absolute Gasteiger partial charge is 0.406 e. The fourth-order valence-electron chi connectivity index (χ4n) is 2.40. The van der Waals surface area contributed by atoms with Gasteiger partial charge in [-0.05, 0) is 29.3 Å². The zero-order valence-corrected chi connectivity index (χ0v) is 17.0. The monoisotopic (exact) mass is 458 g/mol. The number of benzene rings is 2. The minimum absolute atomic E-state index is 0.146. The Bertz CT molecular complexity index is 978. The van der Waals surface area contributed by atoms with Gasteiger partial charge in [-0.1, -0.05) is 42.5 Å². The van der Waals surface area contributed by atoms with Crippen molar-refractivity contribution in [2.45, 2.75) is 18.9 Å². The molecular formula is C20H21F3N2O5S. The van der Waals surface area contributed by atoms with Crippen LogP contribution in [-0.4, -0.2) is 38.9 Å². The van der Waals surface area contributed by atoms with Crippen LogP contribution < -0.4 is 14.8 Å². The highest BCUT2D eigenvalue weighted by Crippen LogP contribution is 2.24. The van der Waals surface area contributed by atoms with Gasteiger partial charge in [0.05, 0.1) is 6.10 Å². The van der Waals surface area contributed by atoms with E-state index in [-0.39, 0.29) is 25.1 Å². The molecule has 0 spiro atoms. The second-order valence-electron chi connectivity index (χ2n) is 6.34. The second kappa shape index (κ2) is 10.9. The maximum atomic E-state index is 12.1. The Morgan fingerprint density at radius 1 is 1.10 bits per heavy atom. The molecule has 0 heterocycles. The van der Waals surface area contributed by atoms with Crippen LogP contribution in [0.1, 0.15) is 23.7 Å². The second-order valence-corrected chi connectivity index (χ2v) is 7.99. The molecule has 0 saturated heterocycles. The third-order valence-corrected chi connectivity index (χ3v) is 4.99. The number of amides is 1. The van der Waals surface area contributed by atoms with Crippen LogP contribution in [0.2, 0.25) is 0 Å². The van der Waals surface area contributed by atoms with Crippen LogP contribution in [0.3, 0.4) is 0 Å². The highest BCUT2D eigenvalue weighted by atomic mass is 32.2. The minimum Gasteiger partial charge on any atom is -0.406 e. The van der Waals surface area contributed by atoms with E-state index in [1.807, 2.05) is 0 Å². The SMILES string of the molecule is O=C(CCNS(=O)(=O)/C=C/c1ccccc1)NCC(O)c1ccc(OC(F)(F)F)cc1. The van der Waals surface area contributed by atoms with Gasteiger partial charge in [0.2, 0.25) is 15.9 Å². The van der Waals surface area contributed by atoms with Gasteiger partial charge in [-0.15, -0.1) is 13.2 Å². The van der Waals surface area contributed by atoms with Crippen molar-refractivity contribution in [1.29, 1.82) is 0 Å². The molecule has 168 valence electrons. The van der Waals surface area contributed by atoms with E-state index in [9.17, 15) is 31.5 Å². The molecule has 0 radical (unpaired) electrons. The lowest BCUT2D eigenvalue weighted by molar-refractivity contribution is -0.274. The van der Waals surface area contributed by atoms with Gasteiger partial charge in [0.1, 0.15) is 5.75 Å². The molecule has 0 saturated carbocycles. The number of aliphatic hydroxyl groups is 1. The summed E-state index contributed by atoms with van der Waals surface area (Å²) in [7, 11) is -3.72. The van der Waals surface area contributed by atoms with Crippen LogP contribution in [0.5, 0.6) is 5.75 Å². The summed E-state index contributed by atoms with van der Waals surface area (Å²) in [6.07, 6.45) is -4.71. The van der Waals surface area contributed by atoms with Crippen molar-refractivity contribution in [3.05, 3.63) is 71.1 Å². The van der Waals surface area contributed by atoms with Crippen molar-refractivity contribution in [3.8, 4) is 5.75 Å². The summed E-state index contributed by atoms with van der Waals surface area (Å²) in [4.78, 5) is 11.8. The van der Waals surface area contributed by atoms with Gasteiger partial charge in [0, 0.05) is 24.9 Å². The lowest BCUT2D eigenvalue weighted by atomic mass is 10.1. The number of carbonyl (C=O) groups is 1. The van der Waals surface area contributed by atoms with Crippen LogP contribution >= 0.6 is 0 Å². The number of carbonyl (C=O) groups excluding carboxylic acids is 1. The molecule has 0 bridgehead atoms. The molecule has 0 fully saturated rings. The van der Waals surface area contributed by atoms with Gasteiger partial charge in [-0.2, -0.15) is 0 Å². The molecule has 0 aliphatic heterocycles. The summed E-state index contributed by atoms with van der Waals surface area (Å²) in [5, 5.41) is 13.4. The minimum atomic E-state index is -4.81. The molecule has 1 amide bonds. The summed E-state index contributed by atoms with van der Waals surface area (Å²) in [6.45, 7) is -0.341. The van der Waals surface area contributed by atoms with Crippen molar-refractivity contribution in [2.75, 3.05) is 13.1 Å². The number of alkyl halides is 3. The van der Waals surface area contributed by atoms with Crippen LogP contribution in [-0.2, 0) is 14.8 Å². The average Bonchev–Trinajstić information content (AvgIpc) is 2.70. The van der Waals surface area contributed by atoms with Crippen LogP contribution in [0.15, 0.2) is 60.0 Å². The zero-order valence-electron chi connectivity index (χ0n) is 16.2. The summed E-state index contributed by atoms with van der Waals surface area (Å²) in [6, 6.07) is 13.4. The Morgan fingerprint density at radius 2 is 1.74 bits per heavy atom. The molecule has 2 rings (SSSR count). The molecule has 0 aromatic heterocycles. The molecule has 1 atom stereocenters. The fourth-order valence-corrected chi connectivity index (χ4v) is 3.21. The van der Waals surface area contributed by atoms with E-state index in [0.29, 0.717) is 5.56 Å². The largest absolute Gasteiger partial charge is 0.573 e. The predicted octanol–water partition coefficient (Wildman–Crippen LogP) is 2.72. The number of ether oxygens (including phenoxy) is 1. The Balaban J connectivity index is 1.73. The molecule has 7 nitrogen and oxygen atoms in total. The first-order valence-corrected chi connectivity index (χ1v) is 10.6. The number of rotatable bonds is 10. The third kappa shape index (κ3) is 9.64. The van der Waals surface area contributed by atoms with E-state index >= 15 is 0 Å². The van der Waals surface area contributed by atoms with Crippen molar-refractivity contribution >= 4 is 22.0 Å². The number of sulfonamides is 1. The Labute approximate surface area is 177 Å². The topological polar surface area (TPSA) is 105 Å². The number of nitrogens with one attached hydrogen (secondary N) is 2. The van der Waals surface area contributed by atoms with E-state index in [4.69, 9.17) is 0 Å². The maximum absolute atomic E-state index is 12.1. The van der Waals surface area contributed by atoms with Crippen molar-refractivity contribution in [1.82, 2.24) is 10.0 Å². The predicted molar refractivity (Wildman–Crippen MR) is 108 cm³/mol. The Morgan fingerprint density at radius 3 is 2.35 bits per heavy atom. The summed E-state index contributed by atoms with van der Waals surface area (Å²) in [5.41, 5.74) is 0.985. The number of hydrogen-bond donors (Lipinski definition) is 3. The van der Waals surface area contributed by atoms with Crippen LogP contribution in [0, 0.1) is 0 Å². The third-order valence-electron chi connectivity index (χ3n) is 3.89. The van der Waals surface area contributed by atoms with Crippen LogP contribution in [0.25, 0.3) is 6.08 Å². The highest BCUT2D eigenvalue weighted by Gasteiger charge is 2.31. The summed E-state index contributed by atoms with van der Waals surface area (Å²) >= 11 is 0. The molecule has 2 aromatic carbocycles. The van der Waals surface area contributed by atoms with Gasteiger partial charge in [-0.3, -0.25) is 4.79 Å². The normalized spacial score (nSPS) is 13.2. The Kier molecular flexibility index (Phi) is 8.60. The van der Waals surface area contributed by atoms with Gasteiger partial charge in [-0.25, -0.2) is 13.1 Å². The highest BCUT2D eigenvalue weighted by molar-refractivity contribution is 7.92. The zero-order chi connectivity index (χ0) is 22.9. The van der Waals surface area contributed by atoms with E-state index < -0.39 is 34.1 Å². The lowest BCUT2D eigenvalue weighted by Crippen LogP contribution is -2.32. The number of halogens is 3. The van der Waals surface area contributed by atoms with Gasteiger partial charge >= 0.3 is 6.36 Å². The molecule has 0 aliphatic rings. The first kappa shape index (κ1) is 24.4. The fraction of sp³-hybridized carbons (Fsp3) is 0.250. The Hall–Kier alpha value is -2.89. The maximum Gasteiger partial charge on any atom is 0.573 e. The lowest BCUT2D eigenvalue weighted by Gasteiger charge is -2.14. The van der Waals surface area contributed by atoms with Gasteiger partial charge in [0.25, 0.3) is 0 Å². The van der Waals surface area contributed by atoms with E-state index in [1.54, 1.807) is 30.3 Å². The first-order chi connectivity index (χ1) is 14.5. The summed E-state index contributed by atoms with van der Waals surface area (Å²) < 4.78 is 66.2. The van der Waals surface area contributed by atoms with Crippen molar-refractivity contribution < 1.29 is 36.2 Å². The molecule has 2 aromatic rings. The molecule has 1 unspecified atom stereocenters. The van der Waals surface area contributed by atoms with E-state index in [0.717, 1.165) is 17.5 Å². The standard InChI is InChI=1S/C20H21F3N2O5S/c21-20(22,23)30-17-8-6-16(7-9-17)18(26)14-24-19(27)10-12-25-31(28,29)13-11-15-4-2-1-3-5-15/h1-9,11,13,18,25-26H,10,12,14H2,(H,24,27)/b13-11+. The van der Waals surface area contributed by atoms with Crippen molar-refractivity contribution in [2.24, 2.45) is 0 Å². The summed E-state index contributed by atoms with van der Waals surface area (Å²) in [5.74, 6) is -0.938. The number of aliphatic hydroxyl groups excluding tert-OH is 1. The van der Waals surface area contributed by atoms with E-state index in [2.05, 4.69) is 14.8 Å².